The predicted molar refractivity (Wildman–Crippen MR) is 86.3 cm³/mol. The quantitative estimate of drug-likeness (QED) is 0.403. The molecule has 0 aromatic heterocycles. The number of allylic oxidation sites excluding steroid dienone is 5. The van der Waals surface area contributed by atoms with Crippen LogP contribution in [-0.4, -0.2) is 13.7 Å². The second-order valence-corrected chi connectivity index (χ2v) is 5.37. The first-order chi connectivity index (χ1) is 8.92. The number of methoxy groups -OCH3 is 1. The van der Waals surface area contributed by atoms with Gasteiger partial charge in [0.15, 0.2) is 0 Å². The molecule has 0 bridgehead atoms. The van der Waals surface area contributed by atoms with E-state index in [0.717, 1.165) is 30.6 Å². The van der Waals surface area contributed by atoms with Gasteiger partial charge in [-0.25, -0.2) is 0 Å². The zero-order chi connectivity index (χ0) is 14.8. The van der Waals surface area contributed by atoms with Crippen LogP contribution in [0.25, 0.3) is 0 Å². The second-order valence-electron chi connectivity index (χ2n) is 5.37. The summed E-state index contributed by atoms with van der Waals surface area (Å²) in [7, 11) is 1.75. The number of hydrogen-bond donors (Lipinski definition) is 0. The number of hydrogen-bond acceptors (Lipinski definition) is 1. The monoisotopic (exact) mass is 262 g/mol. The SMILES string of the molecule is C=C(/C=C\C(=C)[C@H](C)/C(=C\C(C)C)CCOC)CC. The van der Waals surface area contributed by atoms with Crippen LogP contribution < -0.4 is 0 Å². The highest BCUT2D eigenvalue weighted by Gasteiger charge is 2.11. The fourth-order valence-corrected chi connectivity index (χ4v) is 1.82. The zero-order valence-corrected chi connectivity index (χ0v) is 13.3. The van der Waals surface area contributed by atoms with Gasteiger partial charge in [-0.1, -0.05) is 70.2 Å². The molecule has 0 saturated carbocycles. The Balaban J connectivity index is 4.79. The molecular weight excluding hydrogens is 232 g/mol. The fraction of sp³-hybridized carbons (Fsp3) is 0.556. The van der Waals surface area contributed by atoms with E-state index in [1.165, 1.54) is 5.57 Å². The van der Waals surface area contributed by atoms with Crippen molar-refractivity contribution in [3.8, 4) is 0 Å². The third-order valence-electron chi connectivity index (χ3n) is 3.24. The molecule has 0 radical (unpaired) electrons. The van der Waals surface area contributed by atoms with Crippen LogP contribution in [0.1, 0.15) is 40.5 Å². The van der Waals surface area contributed by atoms with Gasteiger partial charge in [0.1, 0.15) is 0 Å². The van der Waals surface area contributed by atoms with Gasteiger partial charge in [-0.05, 0) is 24.3 Å². The topological polar surface area (TPSA) is 9.23 Å². The van der Waals surface area contributed by atoms with Crippen LogP contribution in [0.4, 0.5) is 0 Å². The van der Waals surface area contributed by atoms with E-state index in [-0.39, 0.29) is 0 Å². The van der Waals surface area contributed by atoms with Gasteiger partial charge >= 0.3 is 0 Å². The minimum atomic E-state index is 0.360. The summed E-state index contributed by atoms with van der Waals surface area (Å²) in [6.45, 7) is 17.7. The molecule has 0 aromatic carbocycles. The minimum Gasteiger partial charge on any atom is -0.384 e. The lowest BCUT2D eigenvalue weighted by Gasteiger charge is -2.18. The summed E-state index contributed by atoms with van der Waals surface area (Å²) in [6, 6.07) is 0. The molecule has 0 N–H and O–H groups in total. The van der Waals surface area contributed by atoms with Crippen molar-refractivity contribution in [1.82, 2.24) is 0 Å². The van der Waals surface area contributed by atoms with Crippen molar-refractivity contribution in [2.45, 2.75) is 40.5 Å². The van der Waals surface area contributed by atoms with Crippen LogP contribution in [0.5, 0.6) is 0 Å². The van der Waals surface area contributed by atoms with Crippen molar-refractivity contribution < 1.29 is 4.74 Å². The average molecular weight is 262 g/mol. The largest absolute Gasteiger partial charge is 0.384 e. The fourth-order valence-electron chi connectivity index (χ4n) is 1.82. The van der Waals surface area contributed by atoms with Crippen molar-refractivity contribution in [1.29, 1.82) is 0 Å². The van der Waals surface area contributed by atoms with Gasteiger partial charge < -0.3 is 4.74 Å². The Hall–Kier alpha value is -1.08. The van der Waals surface area contributed by atoms with Crippen LogP contribution in [0.15, 0.2) is 48.1 Å². The summed E-state index contributed by atoms with van der Waals surface area (Å²) in [4.78, 5) is 0. The van der Waals surface area contributed by atoms with Crippen molar-refractivity contribution in [2.75, 3.05) is 13.7 Å². The lowest BCUT2D eigenvalue weighted by Crippen LogP contribution is -2.06. The zero-order valence-electron chi connectivity index (χ0n) is 13.3. The summed E-state index contributed by atoms with van der Waals surface area (Å²) in [6.07, 6.45) is 8.45. The molecule has 1 nitrogen and oxygen atoms in total. The maximum Gasteiger partial charge on any atom is 0.0499 e. The van der Waals surface area contributed by atoms with Crippen molar-refractivity contribution >= 4 is 0 Å². The molecule has 1 heteroatoms. The van der Waals surface area contributed by atoms with Crippen LogP contribution in [0, 0.1) is 11.8 Å². The molecule has 0 amide bonds. The summed E-state index contributed by atoms with van der Waals surface area (Å²) in [5.74, 6) is 0.912. The normalized spacial score (nSPS) is 14.1. The molecule has 0 saturated heterocycles. The van der Waals surface area contributed by atoms with Gasteiger partial charge in [0.25, 0.3) is 0 Å². The Bertz CT molecular complexity index is 345. The van der Waals surface area contributed by atoms with Gasteiger partial charge in [0, 0.05) is 19.6 Å². The van der Waals surface area contributed by atoms with Gasteiger partial charge in [-0.15, -0.1) is 0 Å². The molecule has 0 spiro atoms. The third-order valence-corrected chi connectivity index (χ3v) is 3.24. The van der Waals surface area contributed by atoms with E-state index in [0.29, 0.717) is 11.8 Å². The van der Waals surface area contributed by atoms with Gasteiger partial charge in [-0.2, -0.15) is 0 Å². The molecule has 0 heterocycles. The Morgan fingerprint density at radius 1 is 1.16 bits per heavy atom. The molecule has 19 heavy (non-hydrogen) atoms. The van der Waals surface area contributed by atoms with E-state index < -0.39 is 0 Å². The maximum absolute atomic E-state index is 5.20. The second kappa shape index (κ2) is 9.80. The first kappa shape index (κ1) is 17.9. The smallest absolute Gasteiger partial charge is 0.0499 e. The van der Waals surface area contributed by atoms with Crippen LogP contribution in [0.2, 0.25) is 0 Å². The van der Waals surface area contributed by atoms with E-state index in [1.807, 2.05) is 0 Å². The highest BCUT2D eigenvalue weighted by Crippen LogP contribution is 2.24. The van der Waals surface area contributed by atoms with Crippen molar-refractivity contribution in [3.63, 3.8) is 0 Å². The number of rotatable bonds is 9. The molecule has 0 rings (SSSR count). The Morgan fingerprint density at radius 2 is 1.79 bits per heavy atom. The molecule has 0 aliphatic carbocycles. The van der Waals surface area contributed by atoms with Gasteiger partial charge in [0.2, 0.25) is 0 Å². The summed E-state index contributed by atoms with van der Waals surface area (Å²) in [5, 5.41) is 0. The highest BCUT2D eigenvalue weighted by molar-refractivity contribution is 5.30. The lowest BCUT2D eigenvalue weighted by molar-refractivity contribution is 0.200. The third kappa shape index (κ3) is 7.84. The summed E-state index contributed by atoms with van der Waals surface area (Å²) < 4.78 is 5.20. The molecule has 1 atom stereocenters. The minimum absolute atomic E-state index is 0.360. The van der Waals surface area contributed by atoms with Crippen molar-refractivity contribution in [2.24, 2.45) is 11.8 Å². The molecule has 0 fully saturated rings. The highest BCUT2D eigenvalue weighted by atomic mass is 16.5. The summed E-state index contributed by atoms with van der Waals surface area (Å²) in [5.41, 5.74) is 3.69. The molecule has 0 aromatic rings. The van der Waals surface area contributed by atoms with E-state index in [1.54, 1.807) is 7.11 Å². The van der Waals surface area contributed by atoms with Crippen molar-refractivity contribution in [3.05, 3.63) is 48.1 Å². The van der Waals surface area contributed by atoms with E-state index in [2.05, 4.69) is 59.1 Å². The Kier molecular flexibility index (Phi) is 9.24. The molecule has 0 unspecified atom stereocenters. The van der Waals surface area contributed by atoms with Crippen LogP contribution in [-0.2, 0) is 4.74 Å². The Labute approximate surface area is 119 Å². The lowest BCUT2D eigenvalue weighted by atomic mass is 9.89. The summed E-state index contributed by atoms with van der Waals surface area (Å²) >= 11 is 0. The van der Waals surface area contributed by atoms with E-state index in [4.69, 9.17) is 4.74 Å². The van der Waals surface area contributed by atoms with Crippen LogP contribution >= 0.6 is 0 Å². The van der Waals surface area contributed by atoms with Gasteiger partial charge in [0.05, 0.1) is 0 Å². The predicted octanol–water partition coefficient (Wildman–Crippen LogP) is 5.32. The van der Waals surface area contributed by atoms with Gasteiger partial charge in [-0.3, -0.25) is 0 Å². The Morgan fingerprint density at radius 3 is 2.26 bits per heavy atom. The first-order valence-corrected chi connectivity index (χ1v) is 7.16. The molecule has 0 aliphatic heterocycles. The van der Waals surface area contributed by atoms with E-state index in [9.17, 15) is 0 Å². The standard InChI is InChI=1S/C18H30O/c1-8-15(4)9-10-16(5)17(6)18(11-12-19-7)13-14(2)3/h9-10,13-14,17H,4-5,8,11-12H2,1-3,6-7H3/b10-9-,18-13-/t17-/m0/s1. The maximum atomic E-state index is 5.20. The first-order valence-electron chi connectivity index (χ1n) is 7.16. The van der Waals surface area contributed by atoms with Crippen LogP contribution in [0.3, 0.4) is 0 Å². The van der Waals surface area contributed by atoms with E-state index >= 15 is 0 Å². The molecular formula is C18H30O. The molecule has 0 aliphatic rings. The average Bonchev–Trinajstić information content (AvgIpc) is 2.38. The molecule has 108 valence electrons. The number of ether oxygens (including phenoxy) is 1.